The molecule has 0 saturated heterocycles. The highest BCUT2D eigenvalue weighted by molar-refractivity contribution is 5.70. The first-order valence-corrected chi connectivity index (χ1v) is 4.80. The zero-order valence-corrected chi connectivity index (χ0v) is 8.39. The van der Waals surface area contributed by atoms with Crippen molar-refractivity contribution in [3.8, 4) is 0 Å². The molecule has 4 nitrogen and oxygen atoms in total. The third kappa shape index (κ3) is 3.69. The summed E-state index contributed by atoms with van der Waals surface area (Å²) in [4.78, 5) is 10.5. The number of aliphatic hydroxyl groups excluding tert-OH is 1. The van der Waals surface area contributed by atoms with Crippen molar-refractivity contribution in [2.45, 2.75) is 18.9 Å². The van der Waals surface area contributed by atoms with Crippen molar-refractivity contribution in [1.29, 1.82) is 0 Å². The molecular formula is C11H15NO3. The molecule has 0 aliphatic rings. The maximum Gasteiger partial charge on any atom is 0.307 e. The molecule has 0 spiro atoms. The lowest BCUT2D eigenvalue weighted by Crippen LogP contribution is -2.12. The molecule has 0 heterocycles. The zero-order chi connectivity index (χ0) is 11.3. The molecule has 0 amide bonds. The first-order valence-electron chi connectivity index (χ1n) is 4.80. The summed E-state index contributed by atoms with van der Waals surface area (Å²) in [6.45, 7) is 0.0321. The molecular weight excluding hydrogens is 194 g/mol. The first-order chi connectivity index (χ1) is 7.13. The van der Waals surface area contributed by atoms with Crippen LogP contribution in [0, 0.1) is 0 Å². The fourth-order valence-electron chi connectivity index (χ4n) is 1.41. The van der Waals surface area contributed by atoms with Gasteiger partial charge in [0.15, 0.2) is 0 Å². The van der Waals surface area contributed by atoms with E-state index in [1.54, 1.807) is 18.2 Å². The van der Waals surface area contributed by atoms with E-state index in [1.165, 1.54) is 0 Å². The second-order valence-corrected chi connectivity index (χ2v) is 3.43. The Labute approximate surface area is 88.3 Å². The first kappa shape index (κ1) is 11.7. The number of nitrogens with two attached hydrogens (primary N) is 1. The average Bonchev–Trinajstić information content (AvgIpc) is 2.17. The molecule has 1 aromatic carbocycles. The average molecular weight is 209 g/mol. The van der Waals surface area contributed by atoms with Gasteiger partial charge in [-0.05, 0) is 17.5 Å². The van der Waals surface area contributed by atoms with Gasteiger partial charge in [0.2, 0.25) is 0 Å². The Morgan fingerprint density at radius 1 is 1.47 bits per heavy atom. The van der Waals surface area contributed by atoms with Crippen molar-refractivity contribution >= 4 is 5.97 Å². The molecule has 0 radical (unpaired) electrons. The number of hydrogen-bond acceptors (Lipinski definition) is 3. The maximum absolute atomic E-state index is 10.5. The van der Waals surface area contributed by atoms with Crippen LogP contribution in [-0.4, -0.2) is 22.8 Å². The Bertz CT molecular complexity index is 338. The molecule has 82 valence electrons. The van der Waals surface area contributed by atoms with Crippen molar-refractivity contribution in [3.63, 3.8) is 0 Å². The molecule has 1 rings (SSSR count). The fourth-order valence-corrected chi connectivity index (χ4v) is 1.41. The monoisotopic (exact) mass is 209 g/mol. The lowest BCUT2D eigenvalue weighted by atomic mass is 10.0. The molecule has 1 unspecified atom stereocenters. The van der Waals surface area contributed by atoms with Gasteiger partial charge in [0.1, 0.15) is 0 Å². The van der Waals surface area contributed by atoms with Crippen LogP contribution in [-0.2, 0) is 11.2 Å². The Hall–Kier alpha value is -1.39. The van der Waals surface area contributed by atoms with Crippen molar-refractivity contribution in [2.24, 2.45) is 5.73 Å². The van der Waals surface area contributed by atoms with Crippen molar-refractivity contribution in [2.75, 3.05) is 6.61 Å². The van der Waals surface area contributed by atoms with Gasteiger partial charge < -0.3 is 15.9 Å². The van der Waals surface area contributed by atoms with Crippen molar-refractivity contribution < 1.29 is 15.0 Å². The van der Waals surface area contributed by atoms with Gasteiger partial charge in [0.25, 0.3) is 0 Å². The van der Waals surface area contributed by atoms with Gasteiger partial charge in [-0.3, -0.25) is 4.79 Å². The summed E-state index contributed by atoms with van der Waals surface area (Å²) in [6, 6.07) is 6.91. The largest absolute Gasteiger partial charge is 0.481 e. The summed E-state index contributed by atoms with van der Waals surface area (Å²) in [5, 5.41) is 17.4. The molecule has 0 bridgehead atoms. The second-order valence-electron chi connectivity index (χ2n) is 3.43. The summed E-state index contributed by atoms with van der Waals surface area (Å²) in [6.07, 6.45) is 0.482. The predicted octanol–water partition coefficient (Wildman–Crippen LogP) is 0.696. The SMILES string of the molecule is NC(CCO)c1cccc(CC(=O)O)c1. The van der Waals surface area contributed by atoms with E-state index in [2.05, 4.69) is 0 Å². The van der Waals surface area contributed by atoms with Gasteiger partial charge in [-0.2, -0.15) is 0 Å². The highest BCUT2D eigenvalue weighted by Crippen LogP contribution is 2.15. The van der Waals surface area contributed by atoms with Crippen LogP contribution in [0.4, 0.5) is 0 Å². The Morgan fingerprint density at radius 3 is 2.80 bits per heavy atom. The summed E-state index contributed by atoms with van der Waals surface area (Å²) >= 11 is 0. The van der Waals surface area contributed by atoms with Crippen LogP contribution in [0.1, 0.15) is 23.6 Å². The lowest BCUT2D eigenvalue weighted by molar-refractivity contribution is -0.136. The number of hydrogen-bond donors (Lipinski definition) is 3. The number of benzene rings is 1. The van der Waals surface area contributed by atoms with Crippen LogP contribution in [0.2, 0.25) is 0 Å². The summed E-state index contributed by atoms with van der Waals surface area (Å²) in [7, 11) is 0. The second kappa shape index (κ2) is 5.48. The number of carbonyl (C=O) groups is 1. The van der Waals surface area contributed by atoms with Crippen molar-refractivity contribution in [3.05, 3.63) is 35.4 Å². The van der Waals surface area contributed by atoms with Gasteiger partial charge >= 0.3 is 5.97 Å². The molecule has 0 fully saturated rings. The Balaban J connectivity index is 2.77. The van der Waals surface area contributed by atoms with Gasteiger partial charge in [-0.1, -0.05) is 24.3 Å². The van der Waals surface area contributed by atoms with Crippen LogP contribution >= 0.6 is 0 Å². The third-order valence-electron chi connectivity index (χ3n) is 2.17. The highest BCUT2D eigenvalue weighted by Gasteiger charge is 2.07. The number of aliphatic carboxylic acids is 1. The maximum atomic E-state index is 10.5. The molecule has 1 atom stereocenters. The van der Waals surface area contributed by atoms with Crippen LogP contribution < -0.4 is 5.73 Å². The zero-order valence-electron chi connectivity index (χ0n) is 8.39. The molecule has 0 aromatic heterocycles. The summed E-state index contributed by atoms with van der Waals surface area (Å²) in [5.74, 6) is -0.858. The molecule has 15 heavy (non-hydrogen) atoms. The molecule has 0 saturated carbocycles. The van der Waals surface area contributed by atoms with E-state index in [1.807, 2.05) is 6.07 Å². The van der Waals surface area contributed by atoms with Crippen molar-refractivity contribution in [1.82, 2.24) is 0 Å². The number of aliphatic hydroxyl groups is 1. The lowest BCUT2D eigenvalue weighted by Gasteiger charge is -2.11. The quantitative estimate of drug-likeness (QED) is 0.666. The van der Waals surface area contributed by atoms with Gasteiger partial charge in [0, 0.05) is 12.6 Å². The normalized spacial score (nSPS) is 12.4. The predicted molar refractivity (Wildman–Crippen MR) is 56.4 cm³/mol. The van der Waals surface area contributed by atoms with E-state index in [0.717, 1.165) is 11.1 Å². The standard InChI is InChI=1S/C11H15NO3/c12-10(4-5-13)9-3-1-2-8(6-9)7-11(14)15/h1-3,6,10,13H,4-5,7,12H2,(H,14,15). The van der Waals surface area contributed by atoms with Gasteiger partial charge in [0.05, 0.1) is 6.42 Å². The number of carboxylic acids is 1. The minimum absolute atomic E-state index is 0.000313. The molecule has 4 N–H and O–H groups in total. The van der Waals surface area contributed by atoms with E-state index in [0.29, 0.717) is 6.42 Å². The van der Waals surface area contributed by atoms with Crippen LogP contribution in [0.5, 0.6) is 0 Å². The third-order valence-corrected chi connectivity index (χ3v) is 2.17. The van der Waals surface area contributed by atoms with E-state index < -0.39 is 5.97 Å². The van der Waals surface area contributed by atoms with E-state index >= 15 is 0 Å². The smallest absolute Gasteiger partial charge is 0.307 e. The Kier molecular flexibility index (Phi) is 4.27. The molecule has 1 aromatic rings. The Morgan fingerprint density at radius 2 is 2.20 bits per heavy atom. The summed E-state index contributed by atoms with van der Waals surface area (Å²) < 4.78 is 0. The van der Waals surface area contributed by atoms with Crippen LogP contribution in [0.15, 0.2) is 24.3 Å². The topological polar surface area (TPSA) is 83.5 Å². The van der Waals surface area contributed by atoms with E-state index in [4.69, 9.17) is 15.9 Å². The van der Waals surface area contributed by atoms with Gasteiger partial charge in [-0.15, -0.1) is 0 Å². The summed E-state index contributed by atoms with van der Waals surface area (Å²) in [5.41, 5.74) is 7.39. The van der Waals surface area contributed by atoms with Gasteiger partial charge in [-0.25, -0.2) is 0 Å². The minimum Gasteiger partial charge on any atom is -0.481 e. The number of carboxylic acid groups (broad SMARTS) is 1. The highest BCUT2D eigenvalue weighted by atomic mass is 16.4. The number of rotatable bonds is 5. The molecule has 4 heteroatoms. The van der Waals surface area contributed by atoms with Crippen LogP contribution in [0.25, 0.3) is 0 Å². The minimum atomic E-state index is -0.858. The van der Waals surface area contributed by atoms with E-state index in [-0.39, 0.29) is 19.1 Å². The van der Waals surface area contributed by atoms with Crippen LogP contribution in [0.3, 0.4) is 0 Å². The van der Waals surface area contributed by atoms with E-state index in [9.17, 15) is 4.79 Å². The molecule has 0 aliphatic carbocycles. The fraction of sp³-hybridized carbons (Fsp3) is 0.364. The molecule has 0 aliphatic heterocycles.